The smallest absolute Gasteiger partial charge is 0.415 e. The number of ether oxygens (including phenoxy) is 1. The minimum absolute atomic E-state index is 0.252. The molecule has 1 aliphatic heterocycles. The summed E-state index contributed by atoms with van der Waals surface area (Å²) in [4.78, 5) is 37.3. The van der Waals surface area contributed by atoms with E-state index in [1.807, 2.05) is 26.0 Å². The Labute approximate surface area is 165 Å². The minimum atomic E-state index is -0.783. The molecule has 0 radical (unpaired) electrons. The predicted molar refractivity (Wildman–Crippen MR) is 107 cm³/mol. The summed E-state index contributed by atoms with van der Waals surface area (Å²) in [5.74, 6) is 0.739. The van der Waals surface area contributed by atoms with Gasteiger partial charge in [0, 0.05) is 17.1 Å². The van der Waals surface area contributed by atoms with Gasteiger partial charge in [0.1, 0.15) is 12.4 Å². The fourth-order valence-electron chi connectivity index (χ4n) is 3.17. The van der Waals surface area contributed by atoms with E-state index < -0.39 is 11.6 Å². The first-order valence-electron chi connectivity index (χ1n) is 8.73. The van der Waals surface area contributed by atoms with E-state index in [1.165, 1.54) is 4.90 Å². The zero-order chi connectivity index (χ0) is 19.9. The van der Waals surface area contributed by atoms with Gasteiger partial charge >= 0.3 is 6.09 Å². The van der Waals surface area contributed by atoms with Crippen molar-refractivity contribution in [2.24, 2.45) is 0 Å². The first kappa shape index (κ1) is 18.2. The average molecular weight is 400 g/mol. The number of fused-ring (bicyclic) bond motifs is 1. The van der Waals surface area contributed by atoms with Crippen molar-refractivity contribution in [3.63, 3.8) is 0 Å². The molecule has 1 aliphatic rings. The molecule has 3 aromatic rings. The quantitative estimate of drug-likeness (QED) is 0.698. The molecular formula is C19H18ClN5O3. The van der Waals surface area contributed by atoms with E-state index in [0.717, 1.165) is 5.39 Å². The maximum absolute atomic E-state index is 12.7. The maximum atomic E-state index is 12.7. The molecule has 0 atom stereocenters. The third kappa shape index (κ3) is 3.27. The van der Waals surface area contributed by atoms with E-state index in [9.17, 15) is 9.59 Å². The van der Waals surface area contributed by atoms with Gasteiger partial charge in [-0.15, -0.1) is 0 Å². The first-order chi connectivity index (χ1) is 13.3. The molecule has 0 spiro atoms. The van der Waals surface area contributed by atoms with Crippen molar-refractivity contribution in [3.05, 3.63) is 57.5 Å². The molecule has 28 heavy (non-hydrogen) atoms. The van der Waals surface area contributed by atoms with Crippen molar-refractivity contribution in [1.82, 2.24) is 15.0 Å². The number of aromatic amines is 1. The van der Waals surface area contributed by atoms with Gasteiger partial charge in [0.2, 0.25) is 5.95 Å². The lowest BCUT2D eigenvalue weighted by atomic mass is 9.94. The number of nitrogens with one attached hydrogen (secondary N) is 2. The van der Waals surface area contributed by atoms with Crippen LogP contribution in [-0.2, 0) is 10.3 Å². The Bertz CT molecular complexity index is 1130. The lowest BCUT2D eigenvalue weighted by molar-refractivity contribution is 0.181. The van der Waals surface area contributed by atoms with Crippen molar-refractivity contribution < 1.29 is 9.53 Å². The second kappa shape index (κ2) is 6.79. The number of pyridine rings is 1. The van der Waals surface area contributed by atoms with Crippen molar-refractivity contribution in [1.29, 1.82) is 0 Å². The molecule has 0 saturated carbocycles. The Morgan fingerprint density at radius 2 is 2.11 bits per heavy atom. The molecule has 2 N–H and O–H groups in total. The van der Waals surface area contributed by atoms with Crippen molar-refractivity contribution in [2.75, 3.05) is 23.4 Å². The molecule has 1 fully saturated rings. The zero-order valence-corrected chi connectivity index (χ0v) is 16.1. The third-order valence-corrected chi connectivity index (χ3v) is 4.92. The standard InChI is InChI=1S/C19H18ClN5O3/c1-19(2,12-10-11-4-3-5-13(20)15(11)23-16(12)26)24-17-21-7-6-14(22-17)25-8-9-28-18(25)27/h3-7,10H,8-9H2,1-2H3,(H,23,26)(H,21,22,24). The van der Waals surface area contributed by atoms with Crippen LogP contribution in [0.2, 0.25) is 5.02 Å². The molecule has 0 unspecified atom stereocenters. The SMILES string of the molecule is CC(C)(Nc1nccc(N2CCOC2=O)n1)c1cc2cccc(Cl)c2[nH]c1=O. The van der Waals surface area contributed by atoms with Gasteiger partial charge in [-0.25, -0.2) is 9.78 Å². The van der Waals surface area contributed by atoms with Gasteiger partial charge < -0.3 is 15.0 Å². The average Bonchev–Trinajstić information content (AvgIpc) is 3.08. The largest absolute Gasteiger partial charge is 0.447 e. The summed E-state index contributed by atoms with van der Waals surface area (Å²) in [5, 5.41) is 4.49. The molecule has 4 rings (SSSR count). The number of cyclic esters (lactones) is 1. The van der Waals surface area contributed by atoms with Crippen LogP contribution in [0.5, 0.6) is 0 Å². The number of nitrogens with zero attached hydrogens (tertiary/aromatic N) is 3. The summed E-state index contributed by atoms with van der Waals surface area (Å²) in [6, 6.07) is 8.87. The van der Waals surface area contributed by atoms with Crippen molar-refractivity contribution in [2.45, 2.75) is 19.4 Å². The van der Waals surface area contributed by atoms with Gasteiger partial charge in [0.15, 0.2) is 0 Å². The van der Waals surface area contributed by atoms with Gasteiger partial charge in [0.05, 0.1) is 22.6 Å². The number of rotatable bonds is 4. The summed E-state index contributed by atoms with van der Waals surface area (Å²) in [7, 11) is 0. The molecule has 3 heterocycles. The number of anilines is 2. The van der Waals surface area contributed by atoms with Gasteiger partial charge in [-0.05, 0) is 32.0 Å². The van der Waals surface area contributed by atoms with E-state index >= 15 is 0 Å². The van der Waals surface area contributed by atoms with E-state index in [0.29, 0.717) is 41.0 Å². The number of hydrogen-bond acceptors (Lipinski definition) is 6. The Morgan fingerprint density at radius 3 is 2.86 bits per heavy atom. The number of carbonyl (C=O) groups excluding carboxylic acids is 1. The second-order valence-corrected chi connectivity index (χ2v) is 7.38. The summed E-state index contributed by atoms with van der Waals surface area (Å²) in [6.45, 7) is 4.47. The number of halogens is 1. The summed E-state index contributed by atoms with van der Waals surface area (Å²) >= 11 is 6.17. The van der Waals surface area contributed by atoms with Crippen LogP contribution in [0.25, 0.3) is 10.9 Å². The van der Waals surface area contributed by atoms with Gasteiger partial charge in [-0.3, -0.25) is 9.69 Å². The Balaban J connectivity index is 1.68. The van der Waals surface area contributed by atoms with Crippen LogP contribution in [-0.4, -0.2) is 34.2 Å². The summed E-state index contributed by atoms with van der Waals surface area (Å²) in [5.41, 5.74) is 0.0718. The number of hydrogen-bond donors (Lipinski definition) is 2. The third-order valence-electron chi connectivity index (χ3n) is 4.60. The fraction of sp³-hybridized carbons (Fsp3) is 0.263. The van der Waals surface area contributed by atoms with Crippen molar-refractivity contribution >= 4 is 40.4 Å². The molecule has 144 valence electrons. The lowest BCUT2D eigenvalue weighted by Crippen LogP contribution is -2.35. The van der Waals surface area contributed by atoms with Crippen LogP contribution in [0.4, 0.5) is 16.6 Å². The topological polar surface area (TPSA) is 100 Å². The first-order valence-corrected chi connectivity index (χ1v) is 9.10. The Morgan fingerprint density at radius 1 is 1.29 bits per heavy atom. The van der Waals surface area contributed by atoms with E-state index in [-0.39, 0.29) is 5.56 Å². The Kier molecular flexibility index (Phi) is 4.43. The summed E-state index contributed by atoms with van der Waals surface area (Å²) < 4.78 is 4.95. The fourth-order valence-corrected chi connectivity index (χ4v) is 3.40. The normalized spacial score (nSPS) is 14.4. The molecule has 0 bridgehead atoms. The Hall–Kier alpha value is -3.13. The van der Waals surface area contributed by atoms with Crippen LogP contribution in [0, 0.1) is 0 Å². The molecule has 1 amide bonds. The highest BCUT2D eigenvalue weighted by Crippen LogP contribution is 2.27. The van der Waals surface area contributed by atoms with Crippen LogP contribution >= 0.6 is 11.6 Å². The predicted octanol–water partition coefficient (Wildman–Crippen LogP) is 3.28. The highest BCUT2D eigenvalue weighted by molar-refractivity contribution is 6.35. The number of amides is 1. The van der Waals surface area contributed by atoms with Gasteiger partial charge in [0.25, 0.3) is 5.56 Å². The molecular weight excluding hydrogens is 382 g/mol. The van der Waals surface area contributed by atoms with Crippen LogP contribution in [0.1, 0.15) is 19.4 Å². The molecule has 9 heteroatoms. The van der Waals surface area contributed by atoms with E-state index in [2.05, 4.69) is 20.3 Å². The van der Waals surface area contributed by atoms with Crippen LogP contribution in [0.15, 0.2) is 41.3 Å². The molecule has 8 nitrogen and oxygen atoms in total. The van der Waals surface area contributed by atoms with Gasteiger partial charge in [-0.2, -0.15) is 4.98 Å². The van der Waals surface area contributed by atoms with Crippen molar-refractivity contribution in [3.8, 4) is 0 Å². The van der Waals surface area contributed by atoms with E-state index in [1.54, 1.807) is 24.4 Å². The van der Waals surface area contributed by atoms with E-state index in [4.69, 9.17) is 16.3 Å². The second-order valence-electron chi connectivity index (χ2n) is 6.97. The lowest BCUT2D eigenvalue weighted by Gasteiger charge is -2.26. The summed E-state index contributed by atoms with van der Waals surface area (Å²) in [6.07, 6.45) is 1.11. The highest BCUT2D eigenvalue weighted by Gasteiger charge is 2.28. The number of aromatic nitrogens is 3. The minimum Gasteiger partial charge on any atom is -0.447 e. The molecule has 1 saturated heterocycles. The number of para-hydroxylation sites is 1. The highest BCUT2D eigenvalue weighted by atomic mass is 35.5. The van der Waals surface area contributed by atoms with Crippen LogP contribution < -0.4 is 15.8 Å². The number of benzene rings is 1. The zero-order valence-electron chi connectivity index (χ0n) is 15.3. The van der Waals surface area contributed by atoms with Gasteiger partial charge in [-0.1, -0.05) is 23.7 Å². The number of H-pyrrole nitrogens is 1. The molecule has 1 aromatic carbocycles. The molecule has 0 aliphatic carbocycles. The number of carbonyl (C=O) groups is 1. The van der Waals surface area contributed by atoms with Crippen LogP contribution in [0.3, 0.4) is 0 Å². The maximum Gasteiger partial charge on any atom is 0.415 e. The molecule has 2 aromatic heterocycles. The monoisotopic (exact) mass is 399 g/mol.